The molecule has 2 atom stereocenters. The second-order valence-electron chi connectivity index (χ2n) is 12.0. The Morgan fingerprint density at radius 1 is 0.846 bits per heavy atom. The van der Waals surface area contributed by atoms with Gasteiger partial charge in [0.05, 0.1) is 11.6 Å². The van der Waals surface area contributed by atoms with Crippen LogP contribution < -0.4 is 15.4 Å². The number of alkyl carbamates (subject to hydrolysis) is 1. The van der Waals surface area contributed by atoms with Crippen LogP contribution in [0.3, 0.4) is 0 Å². The SMILES string of the molecule is CCOC(CN(C(=O)C(Cc1ccc(Cl)cc1)NC(=O)C(CNS(=O)(=O)c1ccc(Cl)cc1Cl)NC(=O)OCc1ccccc1)C1CCC1)OCC. The monoisotopic (exact) mass is 796 g/mol. The molecule has 1 aliphatic carbocycles. The molecule has 0 heterocycles. The van der Waals surface area contributed by atoms with E-state index < -0.39 is 52.8 Å². The molecule has 0 aromatic heterocycles. The van der Waals surface area contributed by atoms with Crippen molar-refractivity contribution in [3.63, 3.8) is 0 Å². The summed E-state index contributed by atoms with van der Waals surface area (Å²) in [5.74, 6) is -1.23. The molecule has 0 saturated heterocycles. The minimum Gasteiger partial charge on any atom is -0.445 e. The fourth-order valence-corrected chi connectivity index (χ4v) is 7.36. The summed E-state index contributed by atoms with van der Waals surface area (Å²) in [5, 5.41) is 5.82. The van der Waals surface area contributed by atoms with Crippen LogP contribution in [0.15, 0.2) is 77.7 Å². The number of amides is 3. The summed E-state index contributed by atoms with van der Waals surface area (Å²) in [6.45, 7) is 3.81. The zero-order chi connectivity index (χ0) is 37.7. The molecule has 0 radical (unpaired) electrons. The Labute approximate surface area is 319 Å². The van der Waals surface area contributed by atoms with E-state index in [0.29, 0.717) is 29.4 Å². The van der Waals surface area contributed by atoms with E-state index in [-0.39, 0.29) is 40.6 Å². The van der Waals surface area contributed by atoms with Crippen LogP contribution in [-0.4, -0.2) is 81.9 Å². The number of rotatable bonds is 19. The van der Waals surface area contributed by atoms with Gasteiger partial charge in [0.15, 0.2) is 6.29 Å². The minimum atomic E-state index is -4.30. The van der Waals surface area contributed by atoms with E-state index in [1.54, 1.807) is 53.4 Å². The van der Waals surface area contributed by atoms with Crippen LogP contribution in [0, 0.1) is 0 Å². The van der Waals surface area contributed by atoms with Crippen LogP contribution >= 0.6 is 34.8 Å². The molecule has 1 saturated carbocycles. The maximum Gasteiger partial charge on any atom is 0.408 e. The van der Waals surface area contributed by atoms with Gasteiger partial charge in [-0.15, -0.1) is 0 Å². The highest BCUT2D eigenvalue weighted by Crippen LogP contribution is 2.27. The predicted octanol–water partition coefficient (Wildman–Crippen LogP) is 5.73. The number of ether oxygens (including phenoxy) is 3. The van der Waals surface area contributed by atoms with Crippen LogP contribution in [0.4, 0.5) is 4.79 Å². The molecule has 3 aromatic carbocycles. The molecule has 3 amide bonds. The normalized spacial score (nSPS) is 14.3. The number of sulfonamides is 1. The predicted molar refractivity (Wildman–Crippen MR) is 199 cm³/mol. The van der Waals surface area contributed by atoms with E-state index in [1.165, 1.54) is 18.2 Å². The Bertz CT molecular complexity index is 1740. The molecule has 16 heteroatoms. The molecule has 0 spiro atoms. The maximum absolute atomic E-state index is 14.4. The van der Waals surface area contributed by atoms with E-state index in [2.05, 4.69) is 15.4 Å². The number of benzene rings is 3. The van der Waals surface area contributed by atoms with Gasteiger partial charge in [0.1, 0.15) is 23.6 Å². The lowest BCUT2D eigenvalue weighted by atomic mass is 9.90. The number of hydrogen-bond acceptors (Lipinski definition) is 8. The smallest absolute Gasteiger partial charge is 0.408 e. The third-order valence-electron chi connectivity index (χ3n) is 8.30. The zero-order valence-electron chi connectivity index (χ0n) is 28.9. The van der Waals surface area contributed by atoms with E-state index in [9.17, 15) is 22.8 Å². The van der Waals surface area contributed by atoms with Crippen molar-refractivity contribution in [2.75, 3.05) is 26.3 Å². The molecule has 12 nitrogen and oxygen atoms in total. The molecular formula is C36H43Cl3N4O8S. The van der Waals surface area contributed by atoms with E-state index in [4.69, 9.17) is 49.0 Å². The van der Waals surface area contributed by atoms with Gasteiger partial charge in [-0.2, -0.15) is 0 Å². The first kappa shape index (κ1) is 41.3. The van der Waals surface area contributed by atoms with Crippen molar-refractivity contribution in [2.45, 2.75) is 75.4 Å². The number of carbonyl (C=O) groups excluding carboxylic acids is 3. The fraction of sp³-hybridized carbons (Fsp3) is 0.417. The van der Waals surface area contributed by atoms with Crippen molar-refractivity contribution < 1.29 is 37.0 Å². The van der Waals surface area contributed by atoms with Crippen LogP contribution in [0.2, 0.25) is 15.1 Å². The summed E-state index contributed by atoms with van der Waals surface area (Å²) in [5.41, 5.74) is 1.39. The number of nitrogens with one attached hydrogen (secondary N) is 3. The van der Waals surface area contributed by atoms with E-state index >= 15 is 0 Å². The molecule has 3 N–H and O–H groups in total. The van der Waals surface area contributed by atoms with E-state index in [1.807, 2.05) is 19.9 Å². The number of nitrogens with zero attached hydrogens (tertiary/aromatic N) is 1. The van der Waals surface area contributed by atoms with Gasteiger partial charge in [-0.3, -0.25) is 9.59 Å². The Balaban J connectivity index is 1.61. The Morgan fingerprint density at radius 2 is 1.50 bits per heavy atom. The lowest BCUT2D eigenvalue weighted by Crippen LogP contribution is -2.60. The molecule has 3 aromatic rings. The topological polar surface area (TPSA) is 152 Å². The van der Waals surface area contributed by atoms with Crippen LogP contribution in [0.25, 0.3) is 0 Å². The van der Waals surface area contributed by atoms with E-state index in [0.717, 1.165) is 19.3 Å². The minimum absolute atomic E-state index is 0.0657. The molecule has 0 bridgehead atoms. The van der Waals surface area contributed by atoms with Crippen LogP contribution in [0.1, 0.15) is 44.2 Å². The second kappa shape index (κ2) is 20.1. The van der Waals surface area contributed by atoms with Gasteiger partial charge < -0.3 is 29.7 Å². The summed E-state index contributed by atoms with van der Waals surface area (Å²) < 4.78 is 45.8. The van der Waals surface area contributed by atoms with Crippen molar-refractivity contribution in [1.29, 1.82) is 0 Å². The van der Waals surface area contributed by atoms with Gasteiger partial charge >= 0.3 is 6.09 Å². The molecule has 1 aliphatic rings. The summed E-state index contributed by atoms with van der Waals surface area (Å²) in [4.78, 5) is 42.9. The summed E-state index contributed by atoms with van der Waals surface area (Å²) in [6.07, 6.45) is 0.868. The lowest BCUT2D eigenvalue weighted by Gasteiger charge is -2.41. The van der Waals surface area contributed by atoms with Crippen molar-refractivity contribution in [3.8, 4) is 0 Å². The lowest BCUT2D eigenvalue weighted by molar-refractivity contribution is -0.166. The molecule has 1 fully saturated rings. The van der Waals surface area contributed by atoms with Crippen molar-refractivity contribution in [3.05, 3.63) is 99.0 Å². The van der Waals surface area contributed by atoms with Crippen molar-refractivity contribution in [1.82, 2.24) is 20.3 Å². The van der Waals surface area contributed by atoms with Gasteiger partial charge in [0.25, 0.3) is 0 Å². The van der Waals surface area contributed by atoms with Gasteiger partial charge in [0.2, 0.25) is 21.8 Å². The third-order valence-corrected chi connectivity index (χ3v) is 10.7. The highest BCUT2D eigenvalue weighted by Gasteiger charge is 2.37. The third kappa shape index (κ3) is 12.3. The Kier molecular flexibility index (Phi) is 16.0. The highest BCUT2D eigenvalue weighted by molar-refractivity contribution is 7.89. The first-order valence-electron chi connectivity index (χ1n) is 16.9. The van der Waals surface area contributed by atoms with Crippen LogP contribution in [0.5, 0.6) is 0 Å². The van der Waals surface area contributed by atoms with Crippen molar-refractivity contribution >= 4 is 62.7 Å². The Hall–Kier alpha value is -3.43. The second-order valence-corrected chi connectivity index (χ2v) is 15.0. The standard InChI is InChI=1S/C36H43Cl3N4O8S/c1-3-49-33(50-4-2)22-43(28-11-8-12-28)35(45)30(19-24-13-15-26(37)16-14-24)41-34(44)31(42-36(46)51-23-25-9-6-5-7-10-25)21-40-52(47,48)32-18-17-27(38)20-29(32)39/h5-7,9-10,13-18,20,28,30-31,33,40H,3-4,8,11-12,19,21-23H2,1-2H3,(H,41,44)(H,42,46). The number of hydrogen-bond donors (Lipinski definition) is 3. The van der Waals surface area contributed by atoms with Gasteiger partial charge in [-0.25, -0.2) is 17.9 Å². The quantitative estimate of drug-likeness (QED) is 0.130. The highest BCUT2D eigenvalue weighted by atomic mass is 35.5. The maximum atomic E-state index is 14.4. The molecule has 0 aliphatic heterocycles. The molecule has 52 heavy (non-hydrogen) atoms. The largest absolute Gasteiger partial charge is 0.445 e. The van der Waals surface area contributed by atoms with Gasteiger partial charge in [-0.05, 0) is 74.6 Å². The summed E-state index contributed by atoms with van der Waals surface area (Å²) in [6, 6.07) is 16.8. The molecule has 4 rings (SSSR count). The fourth-order valence-electron chi connectivity index (χ4n) is 5.41. The summed E-state index contributed by atoms with van der Waals surface area (Å²) in [7, 11) is -4.30. The molecule has 282 valence electrons. The average Bonchev–Trinajstić information content (AvgIpc) is 3.09. The zero-order valence-corrected chi connectivity index (χ0v) is 31.9. The average molecular weight is 798 g/mol. The number of carbonyl (C=O) groups is 3. The Morgan fingerprint density at radius 3 is 2.10 bits per heavy atom. The van der Waals surface area contributed by atoms with Crippen LogP contribution in [-0.2, 0) is 46.9 Å². The first-order chi connectivity index (χ1) is 24.9. The van der Waals surface area contributed by atoms with Crippen molar-refractivity contribution in [2.24, 2.45) is 0 Å². The van der Waals surface area contributed by atoms with Gasteiger partial charge in [-0.1, -0.05) is 77.3 Å². The number of halogens is 3. The first-order valence-corrected chi connectivity index (χ1v) is 19.5. The van der Waals surface area contributed by atoms with Gasteiger partial charge in [0, 0.05) is 42.3 Å². The molecule has 2 unspecified atom stereocenters. The molecular weight excluding hydrogens is 755 g/mol. The summed E-state index contributed by atoms with van der Waals surface area (Å²) >= 11 is 18.3.